The lowest BCUT2D eigenvalue weighted by Gasteiger charge is -2.49. The third-order valence-corrected chi connectivity index (χ3v) is 8.11. The predicted octanol–water partition coefficient (Wildman–Crippen LogP) is 0.662. The molecule has 1 heterocycles. The monoisotopic (exact) mass is 261 g/mol. The van der Waals surface area contributed by atoms with Crippen LogP contribution in [0.4, 0.5) is 0 Å². The van der Waals surface area contributed by atoms with Crippen LogP contribution < -0.4 is 5.06 Å². The van der Waals surface area contributed by atoms with Crippen molar-refractivity contribution >= 4 is 14.3 Å². The van der Waals surface area contributed by atoms with E-state index in [2.05, 4.69) is 33.9 Å². The van der Waals surface area contributed by atoms with Gasteiger partial charge < -0.3 is 19.4 Å². The maximum absolute atomic E-state index is 11.4. The first kappa shape index (κ1) is 14.6. The fourth-order valence-electron chi connectivity index (χ4n) is 1.45. The molecule has 0 radical (unpaired) electrons. The second-order valence-corrected chi connectivity index (χ2v) is 10.9. The SMILES string of the molecule is CC(=O)O[C@@H]1[C@@H](O[Si](C)(C)C(C)(C)C)C[NH+]1[O-]. The molecule has 17 heavy (non-hydrogen) atoms. The summed E-state index contributed by atoms with van der Waals surface area (Å²) >= 11 is 0. The second kappa shape index (κ2) is 4.68. The zero-order valence-electron chi connectivity index (χ0n) is 11.5. The molecule has 100 valence electrons. The van der Waals surface area contributed by atoms with Gasteiger partial charge in [0.1, 0.15) is 6.54 Å². The number of rotatable bonds is 3. The fraction of sp³-hybridized carbons (Fsp3) is 0.909. The van der Waals surface area contributed by atoms with Crippen molar-refractivity contribution in [1.29, 1.82) is 0 Å². The van der Waals surface area contributed by atoms with Crippen molar-refractivity contribution in [2.24, 2.45) is 0 Å². The maximum atomic E-state index is 11.4. The Hall–Kier alpha value is -0.433. The van der Waals surface area contributed by atoms with Crippen LogP contribution in [-0.4, -0.2) is 33.2 Å². The van der Waals surface area contributed by atoms with Crippen LogP contribution in [0.1, 0.15) is 27.7 Å². The highest BCUT2D eigenvalue weighted by atomic mass is 28.4. The lowest BCUT2D eigenvalue weighted by molar-refractivity contribution is -0.953. The van der Waals surface area contributed by atoms with Crippen LogP contribution >= 0.6 is 0 Å². The standard InChI is InChI=1S/C11H23NO4Si/c1-8(13)15-10-9(7-12(10)14)16-17(5,6)11(2,3)4/h9-10,12H,7H2,1-6H3/t9-,10+/m0/s1. The van der Waals surface area contributed by atoms with Gasteiger partial charge in [-0.2, -0.15) is 0 Å². The average Bonchev–Trinajstić information content (AvgIpc) is 2.11. The Bertz CT molecular complexity index is 300. The first-order valence-electron chi connectivity index (χ1n) is 5.92. The smallest absolute Gasteiger partial charge is 0.307 e. The minimum atomic E-state index is -1.90. The molecule has 1 N–H and O–H groups in total. The number of nitrogens with one attached hydrogen (secondary N) is 1. The molecule has 0 aromatic heterocycles. The number of hydroxylamine groups is 2. The van der Waals surface area contributed by atoms with E-state index >= 15 is 0 Å². The summed E-state index contributed by atoms with van der Waals surface area (Å²) < 4.78 is 11.0. The molecule has 1 aliphatic rings. The summed E-state index contributed by atoms with van der Waals surface area (Å²) in [4.78, 5) is 10.9. The molecule has 1 fully saturated rings. The minimum Gasteiger partial charge on any atom is -0.631 e. The third kappa shape index (κ3) is 3.28. The fourth-order valence-corrected chi connectivity index (χ4v) is 2.76. The number of quaternary nitrogens is 1. The number of esters is 1. The quantitative estimate of drug-likeness (QED) is 0.460. The Morgan fingerprint density at radius 2 is 1.94 bits per heavy atom. The van der Waals surface area contributed by atoms with E-state index in [9.17, 15) is 10.0 Å². The molecule has 1 rings (SSSR count). The van der Waals surface area contributed by atoms with Crippen LogP contribution in [-0.2, 0) is 14.0 Å². The van der Waals surface area contributed by atoms with Gasteiger partial charge in [0, 0.05) is 6.92 Å². The van der Waals surface area contributed by atoms with E-state index in [0.717, 1.165) is 0 Å². The Morgan fingerprint density at radius 1 is 1.41 bits per heavy atom. The molecule has 5 nitrogen and oxygen atoms in total. The van der Waals surface area contributed by atoms with E-state index in [1.165, 1.54) is 6.92 Å². The van der Waals surface area contributed by atoms with Gasteiger partial charge >= 0.3 is 5.97 Å². The summed E-state index contributed by atoms with van der Waals surface area (Å²) in [6, 6.07) is 0. The third-order valence-electron chi connectivity index (χ3n) is 3.60. The summed E-state index contributed by atoms with van der Waals surface area (Å²) in [5.74, 6) is -0.424. The van der Waals surface area contributed by atoms with Gasteiger partial charge in [-0.25, -0.2) is 0 Å². The van der Waals surface area contributed by atoms with Gasteiger partial charge in [0.05, 0.1) is 0 Å². The Kier molecular flexibility index (Phi) is 4.03. The number of carbonyl (C=O) groups is 1. The van der Waals surface area contributed by atoms with Crippen LogP contribution in [0.15, 0.2) is 0 Å². The van der Waals surface area contributed by atoms with Gasteiger partial charge in [-0.3, -0.25) is 4.79 Å². The zero-order valence-corrected chi connectivity index (χ0v) is 12.5. The van der Waals surface area contributed by atoms with Crippen molar-refractivity contribution in [2.45, 2.75) is 58.2 Å². The molecule has 0 amide bonds. The number of hydrogen-bond donors (Lipinski definition) is 1. The van der Waals surface area contributed by atoms with Gasteiger partial charge in [-0.1, -0.05) is 20.8 Å². The van der Waals surface area contributed by atoms with Crippen LogP contribution in [0.3, 0.4) is 0 Å². The Balaban J connectivity index is 2.61. The van der Waals surface area contributed by atoms with Crippen molar-refractivity contribution in [3.05, 3.63) is 5.21 Å². The number of hydrogen-bond acceptors (Lipinski definition) is 4. The van der Waals surface area contributed by atoms with Gasteiger partial charge in [0.15, 0.2) is 14.4 Å². The van der Waals surface area contributed by atoms with Gasteiger partial charge in [0.25, 0.3) is 6.23 Å². The number of carbonyl (C=O) groups excluding carboxylic acids is 1. The van der Waals surface area contributed by atoms with E-state index in [1.54, 1.807) is 0 Å². The Labute approximate surface area is 104 Å². The molecular weight excluding hydrogens is 238 g/mol. The molecule has 1 saturated heterocycles. The molecule has 3 atom stereocenters. The van der Waals surface area contributed by atoms with Crippen LogP contribution in [0, 0.1) is 5.21 Å². The summed E-state index contributed by atoms with van der Waals surface area (Å²) in [6.45, 7) is 12.3. The summed E-state index contributed by atoms with van der Waals surface area (Å²) in [7, 11) is -1.90. The minimum absolute atomic E-state index is 0.0380. The topological polar surface area (TPSA) is 63.0 Å². The van der Waals surface area contributed by atoms with Crippen LogP contribution in [0.2, 0.25) is 18.1 Å². The average molecular weight is 261 g/mol. The first-order valence-corrected chi connectivity index (χ1v) is 8.83. The molecule has 0 saturated carbocycles. The maximum Gasteiger partial charge on any atom is 0.307 e. The number of ether oxygens (including phenoxy) is 1. The van der Waals surface area contributed by atoms with E-state index in [0.29, 0.717) is 6.54 Å². The summed E-state index contributed by atoms with van der Waals surface area (Å²) in [6.07, 6.45) is -0.922. The van der Waals surface area contributed by atoms with Crippen molar-refractivity contribution in [1.82, 2.24) is 0 Å². The lowest BCUT2D eigenvalue weighted by Crippen LogP contribution is -3.22. The second-order valence-electron chi connectivity index (χ2n) is 6.12. The van der Waals surface area contributed by atoms with Gasteiger partial charge in [-0.15, -0.1) is 0 Å². The molecule has 0 spiro atoms. The van der Waals surface area contributed by atoms with Crippen molar-refractivity contribution in [3.8, 4) is 0 Å². The summed E-state index contributed by atoms with van der Waals surface area (Å²) in [5.41, 5.74) is 0. The molecule has 0 aromatic rings. The highest BCUT2D eigenvalue weighted by molar-refractivity contribution is 6.74. The van der Waals surface area contributed by atoms with E-state index in [-0.39, 0.29) is 16.2 Å². The highest BCUT2D eigenvalue weighted by Gasteiger charge is 2.49. The Morgan fingerprint density at radius 3 is 2.29 bits per heavy atom. The van der Waals surface area contributed by atoms with Crippen LogP contribution in [0.25, 0.3) is 0 Å². The van der Waals surface area contributed by atoms with Gasteiger partial charge in [-0.05, 0) is 18.1 Å². The zero-order chi connectivity index (χ0) is 13.4. The van der Waals surface area contributed by atoms with Gasteiger partial charge in [0.2, 0.25) is 0 Å². The largest absolute Gasteiger partial charge is 0.631 e. The van der Waals surface area contributed by atoms with Crippen molar-refractivity contribution < 1.29 is 19.0 Å². The lowest BCUT2D eigenvalue weighted by atomic mass is 10.2. The molecule has 0 aromatic carbocycles. The van der Waals surface area contributed by atoms with E-state index in [4.69, 9.17) is 9.16 Å². The van der Waals surface area contributed by atoms with E-state index in [1.807, 2.05) is 0 Å². The molecular formula is C11H23NO4Si. The molecule has 6 heteroatoms. The first-order chi connectivity index (χ1) is 7.54. The molecule has 0 bridgehead atoms. The van der Waals surface area contributed by atoms with Crippen molar-refractivity contribution in [3.63, 3.8) is 0 Å². The van der Waals surface area contributed by atoms with E-state index < -0.39 is 20.5 Å². The molecule has 1 unspecified atom stereocenters. The summed E-state index contributed by atoms with van der Waals surface area (Å²) in [5, 5.41) is 11.4. The molecule has 1 aliphatic heterocycles. The predicted molar refractivity (Wildman–Crippen MR) is 66.8 cm³/mol. The normalized spacial score (nSPS) is 29.7. The van der Waals surface area contributed by atoms with Crippen molar-refractivity contribution in [2.75, 3.05) is 6.54 Å². The molecule has 0 aliphatic carbocycles. The van der Waals surface area contributed by atoms with Crippen LogP contribution in [0.5, 0.6) is 0 Å². The highest BCUT2D eigenvalue weighted by Crippen LogP contribution is 2.37.